The highest BCUT2D eigenvalue weighted by Gasteiger charge is 2.22. The number of nitrogens with one attached hydrogen (secondary N) is 1. The molecule has 1 aliphatic rings. The lowest BCUT2D eigenvalue weighted by Crippen LogP contribution is -2.24. The van der Waals surface area contributed by atoms with Gasteiger partial charge in [0.25, 0.3) is 0 Å². The molecule has 8 heteroatoms. The minimum absolute atomic E-state index is 0.267. The standard InChI is InChI=1S/C57H73N3O4.C2H4O.C2H6/c1-10-20-42(30-46-23-16-14-21-43(46)12-3)35-58-52-33-56(54(61-8)29-40(52)6)63-37-49-27-19-28-50(60-49)38-64-57-34-53(51(32-55(57)62-9)41(7)45-25-18-26-45)59-36-48(39(5)11-2)31-47-24-17-15-22-44(47)13-4;1-2-3;1-2/h14-17,19,21-24,27-29,32-35,39,42,48,59H,10-13,18,20,25-26,30-31,36-38H2,1-9H3;2H,1H3;1-2H3. The van der Waals surface area contributed by atoms with Gasteiger partial charge in [0, 0.05) is 36.1 Å². The van der Waals surface area contributed by atoms with Crippen molar-refractivity contribution in [1.29, 1.82) is 0 Å². The maximum absolute atomic E-state index is 8.81. The highest BCUT2D eigenvalue weighted by atomic mass is 16.5. The van der Waals surface area contributed by atoms with Gasteiger partial charge >= 0.3 is 0 Å². The molecule has 5 aromatic rings. The molecule has 3 atom stereocenters. The lowest BCUT2D eigenvalue weighted by molar-refractivity contribution is -0.106. The van der Waals surface area contributed by atoms with E-state index in [1.165, 1.54) is 52.3 Å². The summed E-state index contributed by atoms with van der Waals surface area (Å²) in [5.74, 6) is 4.08. The van der Waals surface area contributed by atoms with Crippen molar-refractivity contribution in [1.82, 2.24) is 4.98 Å². The largest absolute Gasteiger partial charge is 0.493 e. The van der Waals surface area contributed by atoms with Crippen LogP contribution in [0.2, 0.25) is 0 Å². The Morgan fingerprint density at radius 3 is 1.83 bits per heavy atom. The van der Waals surface area contributed by atoms with Crippen LogP contribution >= 0.6 is 0 Å². The van der Waals surface area contributed by atoms with Crippen molar-refractivity contribution >= 4 is 29.4 Å². The first-order valence-electron chi connectivity index (χ1n) is 25.7. The molecule has 0 bridgehead atoms. The summed E-state index contributed by atoms with van der Waals surface area (Å²) in [7, 11) is 3.39. The number of hydrogen-bond acceptors (Lipinski definition) is 8. The molecule has 1 aromatic heterocycles. The van der Waals surface area contributed by atoms with Gasteiger partial charge in [0.2, 0.25) is 0 Å². The number of aryl methyl sites for hydroxylation is 3. The SMILES string of the molecule is CC.CC=O.CCCC(C=Nc1cc(OCc2cccc(COc3cc(NCC(Cc4ccccc4CC)C(C)CC)c(C(C)=C4CCC4)cc3OC)n2)c(OC)cc1C)Cc1ccccc1CC. The summed E-state index contributed by atoms with van der Waals surface area (Å²) >= 11 is 0. The molecule has 69 heavy (non-hydrogen) atoms. The zero-order valence-electron chi connectivity index (χ0n) is 44.2. The number of allylic oxidation sites excluding steroid dienone is 2. The van der Waals surface area contributed by atoms with E-state index in [1.807, 2.05) is 44.2 Å². The van der Waals surface area contributed by atoms with Crippen LogP contribution in [-0.4, -0.2) is 38.2 Å². The first-order chi connectivity index (χ1) is 33.6. The molecule has 1 N–H and O–H groups in total. The number of rotatable bonds is 24. The third-order valence-corrected chi connectivity index (χ3v) is 13.3. The van der Waals surface area contributed by atoms with Crippen LogP contribution in [0.4, 0.5) is 11.4 Å². The lowest BCUT2D eigenvalue weighted by Gasteiger charge is -2.27. The first-order valence-corrected chi connectivity index (χ1v) is 25.7. The van der Waals surface area contributed by atoms with Crippen molar-refractivity contribution in [3.05, 3.63) is 141 Å². The van der Waals surface area contributed by atoms with Crippen LogP contribution < -0.4 is 24.3 Å². The molecule has 0 spiro atoms. The van der Waals surface area contributed by atoms with Gasteiger partial charge in [0.1, 0.15) is 19.5 Å². The van der Waals surface area contributed by atoms with Gasteiger partial charge in [-0.05, 0) is 148 Å². The Morgan fingerprint density at radius 1 is 0.754 bits per heavy atom. The number of carbonyl (C=O) groups excluding carboxylic acids is 1. The van der Waals surface area contributed by atoms with E-state index < -0.39 is 0 Å². The van der Waals surface area contributed by atoms with E-state index in [1.54, 1.807) is 14.2 Å². The molecular weight excluding hydrogens is 855 g/mol. The maximum atomic E-state index is 8.81. The Morgan fingerprint density at radius 2 is 1.30 bits per heavy atom. The normalized spacial score (nSPS) is 13.1. The van der Waals surface area contributed by atoms with Crippen LogP contribution in [0, 0.1) is 24.7 Å². The number of aromatic nitrogens is 1. The molecular formula is C61H83N3O5. The predicted molar refractivity (Wildman–Crippen MR) is 290 cm³/mol. The summed E-state index contributed by atoms with van der Waals surface area (Å²) in [6, 6.07) is 31.9. The van der Waals surface area contributed by atoms with E-state index in [0.717, 1.165) is 98.9 Å². The quantitative estimate of drug-likeness (QED) is 0.0487. The number of aldehydes is 1. The van der Waals surface area contributed by atoms with Gasteiger partial charge in [0.05, 0.1) is 31.3 Å². The zero-order valence-corrected chi connectivity index (χ0v) is 44.2. The van der Waals surface area contributed by atoms with E-state index in [-0.39, 0.29) is 13.2 Å². The number of ether oxygens (including phenoxy) is 4. The van der Waals surface area contributed by atoms with Crippen molar-refractivity contribution < 1.29 is 23.7 Å². The number of anilines is 1. The van der Waals surface area contributed by atoms with Crippen LogP contribution in [0.1, 0.15) is 146 Å². The molecule has 0 aliphatic heterocycles. The molecule has 8 nitrogen and oxygen atoms in total. The molecule has 0 amide bonds. The Bertz CT molecular complexity index is 2400. The molecule has 0 radical (unpaired) electrons. The number of pyridine rings is 1. The van der Waals surface area contributed by atoms with E-state index >= 15 is 0 Å². The smallest absolute Gasteiger partial charge is 0.163 e. The Kier molecular flexibility index (Phi) is 24.1. The summed E-state index contributed by atoms with van der Waals surface area (Å²) in [5, 5.41) is 3.93. The Hall–Kier alpha value is -5.89. The summed E-state index contributed by atoms with van der Waals surface area (Å²) in [5.41, 5.74) is 14.3. The molecule has 1 heterocycles. The molecule has 1 saturated carbocycles. The van der Waals surface area contributed by atoms with Gasteiger partial charge in [-0.3, -0.25) is 9.98 Å². The van der Waals surface area contributed by atoms with Gasteiger partial charge in [-0.2, -0.15) is 0 Å². The zero-order chi connectivity index (χ0) is 50.1. The minimum atomic E-state index is 0.267. The van der Waals surface area contributed by atoms with Crippen molar-refractivity contribution in [3.63, 3.8) is 0 Å². The van der Waals surface area contributed by atoms with Crippen molar-refractivity contribution in [2.45, 2.75) is 147 Å². The average molecular weight is 938 g/mol. The van der Waals surface area contributed by atoms with Crippen LogP contribution in [0.25, 0.3) is 5.57 Å². The average Bonchev–Trinajstić information content (AvgIpc) is 3.36. The fourth-order valence-corrected chi connectivity index (χ4v) is 8.87. The van der Waals surface area contributed by atoms with Crippen LogP contribution in [0.5, 0.6) is 23.0 Å². The molecule has 6 rings (SSSR count). The monoisotopic (exact) mass is 938 g/mol. The van der Waals surface area contributed by atoms with Crippen LogP contribution in [-0.2, 0) is 43.7 Å². The van der Waals surface area contributed by atoms with E-state index in [9.17, 15) is 0 Å². The molecule has 0 saturated heterocycles. The number of hydrogen-bond donors (Lipinski definition) is 1. The fraction of sp³-hybridized carbons (Fsp3) is 0.459. The number of benzene rings is 4. The van der Waals surface area contributed by atoms with Crippen LogP contribution in [0.3, 0.4) is 0 Å². The van der Waals surface area contributed by atoms with E-state index in [4.69, 9.17) is 33.7 Å². The third kappa shape index (κ3) is 16.4. The van der Waals surface area contributed by atoms with Crippen LogP contribution in [0.15, 0.2) is 102 Å². The fourth-order valence-electron chi connectivity index (χ4n) is 8.87. The second-order valence-electron chi connectivity index (χ2n) is 17.9. The highest BCUT2D eigenvalue weighted by molar-refractivity contribution is 5.80. The molecule has 1 aliphatic carbocycles. The number of nitrogens with zero attached hydrogens (tertiary/aromatic N) is 2. The van der Waals surface area contributed by atoms with Crippen molar-refractivity contribution in [2.75, 3.05) is 26.1 Å². The number of methoxy groups -OCH3 is 2. The maximum Gasteiger partial charge on any atom is 0.163 e. The molecule has 1 fully saturated rings. The third-order valence-electron chi connectivity index (χ3n) is 13.3. The molecule has 4 aromatic carbocycles. The highest BCUT2D eigenvalue weighted by Crippen LogP contribution is 2.42. The predicted octanol–water partition coefficient (Wildman–Crippen LogP) is 15.6. The number of aliphatic imine (C=N–C) groups is 1. The molecule has 3 unspecified atom stereocenters. The van der Waals surface area contributed by atoms with Crippen molar-refractivity contribution in [3.8, 4) is 23.0 Å². The lowest BCUT2D eigenvalue weighted by atomic mass is 9.84. The van der Waals surface area contributed by atoms with Gasteiger partial charge in [-0.1, -0.05) is 121 Å². The first kappa shape index (κ1) is 55.7. The number of carbonyl (C=O) groups is 1. The van der Waals surface area contributed by atoms with E-state index in [0.29, 0.717) is 40.8 Å². The minimum Gasteiger partial charge on any atom is -0.493 e. The van der Waals surface area contributed by atoms with Gasteiger partial charge < -0.3 is 29.1 Å². The molecule has 372 valence electrons. The summed E-state index contributed by atoms with van der Waals surface area (Å²) in [6.45, 7) is 22.6. The summed E-state index contributed by atoms with van der Waals surface area (Å²) < 4.78 is 24.7. The summed E-state index contributed by atoms with van der Waals surface area (Å²) in [6.07, 6.45) is 13.9. The second kappa shape index (κ2) is 29.9. The topological polar surface area (TPSA) is 91.3 Å². The Labute approximate surface area is 416 Å². The van der Waals surface area contributed by atoms with Gasteiger partial charge in [-0.25, -0.2) is 0 Å². The van der Waals surface area contributed by atoms with Gasteiger partial charge in [0.15, 0.2) is 23.0 Å². The van der Waals surface area contributed by atoms with E-state index in [2.05, 4.69) is 121 Å². The Balaban J connectivity index is 0.00000199. The van der Waals surface area contributed by atoms with Crippen molar-refractivity contribution in [2.24, 2.45) is 22.7 Å². The van der Waals surface area contributed by atoms with Gasteiger partial charge in [-0.15, -0.1) is 0 Å². The second-order valence-corrected chi connectivity index (χ2v) is 17.9. The summed E-state index contributed by atoms with van der Waals surface area (Å²) in [4.78, 5) is 18.8.